The number of carbonyl (C=O) groups is 1. The third kappa shape index (κ3) is 5.95. The molecule has 3 aromatic rings. The van der Waals surface area contributed by atoms with Crippen LogP contribution in [0.5, 0.6) is 5.75 Å². The minimum absolute atomic E-state index is 0.0153. The van der Waals surface area contributed by atoms with Crippen molar-refractivity contribution in [2.45, 2.75) is 44.5 Å². The smallest absolute Gasteiger partial charge is 0.228 e. The second kappa shape index (κ2) is 10.8. The molecular weight excluding hydrogens is 472 g/mol. The molecule has 0 aliphatic carbocycles. The monoisotopic (exact) mass is 502 g/mol. The summed E-state index contributed by atoms with van der Waals surface area (Å²) in [6.45, 7) is 3.11. The van der Waals surface area contributed by atoms with Gasteiger partial charge in [0, 0.05) is 13.0 Å². The molecule has 2 aromatic carbocycles. The molecule has 1 aliphatic rings. The molecule has 0 radical (unpaired) electrons. The molecule has 1 atom stereocenters. The van der Waals surface area contributed by atoms with E-state index in [0.29, 0.717) is 24.0 Å². The van der Waals surface area contributed by atoms with Crippen LogP contribution in [0.1, 0.15) is 36.8 Å². The Labute approximate surface area is 204 Å². The van der Waals surface area contributed by atoms with E-state index in [1.807, 2.05) is 37.3 Å². The second-order valence-corrected chi connectivity index (χ2v) is 11.7. The number of aromatic nitrogens is 1. The van der Waals surface area contributed by atoms with Crippen LogP contribution in [0.2, 0.25) is 0 Å². The first-order chi connectivity index (χ1) is 16.4. The maximum Gasteiger partial charge on any atom is 0.228 e. The topological polar surface area (TPSA) is 85.8 Å². The predicted molar refractivity (Wildman–Crippen MR) is 135 cm³/mol. The number of amides is 1. The number of ether oxygens (including phenoxy) is 2. The van der Waals surface area contributed by atoms with Crippen LogP contribution in [0.3, 0.4) is 0 Å². The van der Waals surface area contributed by atoms with Crippen LogP contribution in [0.25, 0.3) is 10.2 Å². The minimum atomic E-state index is -3.30. The van der Waals surface area contributed by atoms with Crippen molar-refractivity contribution < 1.29 is 22.7 Å². The van der Waals surface area contributed by atoms with Crippen LogP contribution in [-0.2, 0) is 25.1 Å². The Bertz CT molecular complexity index is 1230. The van der Waals surface area contributed by atoms with Crippen LogP contribution < -0.4 is 9.64 Å². The van der Waals surface area contributed by atoms with E-state index in [4.69, 9.17) is 14.5 Å². The first kappa shape index (κ1) is 24.6. The van der Waals surface area contributed by atoms with Gasteiger partial charge >= 0.3 is 0 Å². The molecule has 1 saturated heterocycles. The summed E-state index contributed by atoms with van der Waals surface area (Å²) in [6.07, 6.45) is 2.22. The van der Waals surface area contributed by atoms with Gasteiger partial charge in [-0.2, -0.15) is 0 Å². The number of methoxy groups -OCH3 is 1. The predicted octanol–water partition coefficient (Wildman–Crippen LogP) is 4.52. The Morgan fingerprint density at radius 2 is 2.03 bits per heavy atom. The molecule has 2 heterocycles. The molecule has 1 fully saturated rings. The molecule has 7 nitrogen and oxygen atoms in total. The lowest BCUT2D eigenvalue weighted by atomic mass is 10.2. The van der Waals surface area contributed by atoms with Gasteiger partial charge in [-0.1, -0.05) is 47.7 Å². The van der Waals surface area contributed by atoms with E-state index in [2.05, 4.69) is 0 Å². The van der Waals surface area contributed by atoms with Gasteiger partial charge in [0.15, 0.2) is 15.0 Å². The number of benzene rings is 2. The summed E-state index contributed by atoms with van der Waals surface area (Å²) in [6, 6.07) is 13.0. The molecule has 0 saturated carbocycles. The Morgan fingerprint density at radius 3 is 2.74 bits per heavy atom. The van der Waals surface area contributed by atoms with Crippen LogP contribution >= 0.6 is 11.3 Å². The van der Waals surface area contributed by atoms with Gasteiger partial charge in [0.25, 0.3) is 0 Å². The number of sulfone groups is 1. The molecule has 1 aliphatic heterocycles. The highest BCUT2D eigenvalue weighted by molar-refractivity contribution is 7.90. The van der Waals surface area contributed by atoms with Crippen LogP contribution in [-0.4, -0.2) is 51.4 Å². The van der Waals surface area contributed by atoms with E-state index in [1.165, 1.54) is 11.3 Å². The second-order valence-electron chi connectivity index (χ2n) is 8.58. The molecular formula is C25H30N2O5S2. The summed E-state index contributed by atoms with van der Waals surface area (Å²) in [5.74, 6) is 0.480. The van der Waals surface area contributed by atoms with Crippen molar-refractivity contribution in [2.75, 3.05) is 30.9 Å². The lowest BCUT2D eigenvalue weighted by molar-refractivity contribution is -0.119. The Kier molecular flexibility index (Phi) is 7.85. The fourth-order valence-electron chi connectivity index (χ4n) is 4.14. The zero-order valence-corrected chi connectivity index (χ0v) is 21.2. The van der Waals surface area contributed by atoms with E-state index in [9.17, 15) is 13.2 Å². The number of carbonyl (C=O) groups excluding carboxylic acids is 1. The molecule has 1 amide bonds. The highest BCUT2D eigenvalue weighted by Crippen LogP contribution is 2.37. The quantitative estimate of drug-likeness (QED) is 0.405. The van der Waals surface area contributed by atoms with Gasteiger partial charge in [0.05, 0.1) is 36.0 Å². The summed E-state index contributed by atoms with van der Waals surface area (Å²) in [5.41, 5.74) is 2.56. The first-order valence-electron chi connectivity index (χ1n) is 11.5. The van der Waals surface area contributed by atoms with Crippen LogP contribution in [0.4, 0.5) is 5.13 Å². The summed E-state index contributed by atoms with van der Waals surface area (Å²) in [4.78, 5) is 19.7. The van der Waals surface area contributed by atoms with Crippen molar-refractivity contribution in [1.29, 1.82) is 0 Å². The van der Waals surface area contributed by atoms with Crippen molar-refractivity contribution in [2.24, 2.45) is 0 Å². The van der Waals surface area contributed by atoms with Gasteiger partial charge in [0.2, 0.25) is 5.91 Å². The molecule has 1 aromatic heterocycles. The number of hydrogen-bond acceptors (Lipinski definition) is 7. The number of hydrogen-bond donors (Lipinski definition) is 0. The van der Waals surface area contributed by atoms with Gasteiger partial charge in [0.1, 0.15) is 11.3 Å². The van der Waals surface area contributed by atoms with Crippen molar-refractivity contribution in [3.8, 4) is 5.75 Å². The lowest BCUT2D eigenvalue weighted by Gasteiger charge is -2.23. The molecule has 1 unspecified atom stereocenters. The van der Waals surface area contributed by atoms with Crippen molar-refractivity contribution >= 4 is 42.4 Å². The number of rotatable bonds is 10. The Morgan fingerprint density at radius 1 is 1.24 bits per heavy atom. The van der Waals surface area contributed by atoms with E-state index in [-0.39, 0.29) is 36.4 Å². The average Bonchev–Trinajstić information content (AvgIpc) is 3.48. The molecule has 182 valence electrons. The summed E-state index contributed by atoms with van der Waals surface area (Å²) < 4.78 is 37.3. The zero-order valence-electron chi connectivity index (χ0n) is 19.5. The molecule has 9 heteroatoms. The van der Waals surface area contributed by atoms with E-state index < -0.39 is 9.84 Å². The van der Waals surface area contributed by atoms with Crippen LogP contribution in [0.15, 0.2) is 42.5 Å². The molecule has 0 N–H and O–H groups in total. The third-order valence-corrected chi connectivity index (χ3v) is 8.83. The highest BCUT2D eigenvalue weighted by Gasteiger charge is 2.27. The number of thiazole rings is 1. The summed E-state index contributed by atoms with van der Waals surface area (Å²) in [5, 5.41) is 0.593. The molecule has 34 heavy (non-hydrogen) atoms. The Hall–Kier alpha value is -2.49. The van der Waals surface area contributed by atoms with E-state index in [0.717, 1.165) is 34.2 Å². The van der Waals surface area contributed by atoms with Gasteiger partial charge < -0.3 is 9.47 Å². The number of anilines is 1. The molecule has 0 spiro atoms. The summed E-state index contributed by atoms with van der Waals surface area (Å²) >= 11 is 1.45. The van der Waals surface area contributed by atoms with Gasteiger partial charge in [-0.15, -0.1) is 0 Å². The maximum absolute atomic E-state index is 13.3. The van der Waals surface area contributed by atoms with E-state index in [1.54, 1.807) is 24.1 Å². The molecule has 4 rings (SSSR count). The zero-order chi connectivity index (χ0) is 24.1. The number of fused-ring (bicyclic) bond motifs is 1. The Balaban J connectivity index is 1.49. The van der Waals surface area contributed by atoms with Gasteiger partial charge in [-0.05, 0) is 43.4 Å². The summed E-state index contributed by atoms with van der Waals surface area (Å²) in [7, 11) is -1.70. The SMILES string of the molecule is COc1ccc(C)c2sc(N(CC3CCCO3)C(=O)CCCS(=O)(=O)Cc3ccccc3)nc12. The third-order valence-electron chi connectivity index (χ3n) is 5.93. The van der Waals surface area contributed by atoms with Gasteiger partial charge in [-0.3, -0.25) is 9.69 Å². The highest BCUT2D eigenvalue weighted by atomic mass is 32.2. The fourth-order valence-corrected chi connectivity index (χ4v) is 6.64. The van der Waals surface area contributed by atoms with Crippen molar-refractivity contribution in [3.63, 3.8) is 0 Å². The normalized spacial score (nSPS) is 16.1. The fraction of sp³-hybridized carbons (Fsp3) is 0.440. The number of nitrogens with zero attached hydrogens (tertiary/aromatic N) is 2. The largest absolute Gasteiger partial charge is 0.494 e. The standard InChI is InChI=1S/C25H30N2O5S2/c1-18-12-13-21(31-2)23-24(18)33-25(26-23)27(16-20-10-6-14-32-20)22(28)11-7-15-34(29,30)17-19-8-4-3-5-9-19/h3-5,8-9,12-13,20H,6-7,10-11,14-17H2,1-2H3. The number of aryl methyl sites for hydroxylation is 1. The first-order valence-corrected chi connectivity index (χ1v) is 14.1. The minimum Gasteiger partial charge on any atom is -0.494 e. The molecule has 0 bridgehead atoms. The van der Waals surface area contributed by atoms with Crippen molar-refractivity contribution in [1.82, 2.24) is 4.98 Å². The maximum atomic E-state index is 13.3. The van der Waals surface area contributed by atoms with Crippen molar-refractivity contribution in [3.05, 3.63) is 53.6 Å². The lowest BCUT2D eigenvalue weighted by Crippen LogP contribution is -2.37. The van der Waals surface area contributed by atoms with Crippen LogP contribution in [0, 0.1) is 6.92 Å². The average molecular weight is 503 g/mol. The van der Waals surface area contributed by atoms with Gasteiger partial charge in [-0.25, -0.2) is 13.4 Å². The van der Waals surface area contributed by atoms with E-state index >= 15 is 0 Å².